The van der Waals surface area contributed by atoms with Gasteiger partial charge in [-0.2, -0.15) is 0 Å². The van der Waals surface area contributed by atoms with Gasteiger partial charge in [-0.1, -0.05) is 97.1 Å². The fraction of sp³-hybridized carbons (Fsp3) is 0.357. The molecule has 6 nitrogen and oxygen atoms in total. The molecule has 4 bridgehead atoms. The maximum Gasteiger partial charge on any atom is 0.135 e. The van der Waals surface area contributed by atoms with Crippen molar-refractivity contribution in [3.05, 3.63) is 182 Å². The molecule has 0 amide bonds. The minimum Gasteiger partial charge on any atom is -0.363 e. The van der Waals surface area contributed by atoms with E-state index >= 15 is 0 Å². The third-order valence-electron chi connectivity index (χ3n) is 15.9. The normalized spacial score (nSPS) is 28.8. The van der Waals surface area contributed by atoms with Crippen LogP contribution in [0.1, 0.15) is 60.1 Å². The molecule has 0 aliphatic carbocycles. The van der Waals surface area contributed by atoms with E-state index in [1.807, 2.05) is 24.5 Å². The Bertz CT molecular complexity index is 2450. The summed E-state index contributed by atoms with van der Waals surface area (Å²) in [7, 11) is 0. The molecule has 6 heteroatoms. The molecule has 0 spiro atoms. The highest BCUT2D eigenvalue weighted by molar-refractivity contribution is 5.88. The SMILES string of the molecule is C=CCO[C@H](c1ccnc2ccccc12)C1CC2CC[N+]1(Cc1cccc3c(C[N+]45CCC(CC4[C@H](OCC=C)c4ccnc6ccccc46)C(C=C)C5)cccc13)CC2C=C. The van der Waals surface area contributed by atoms with Gasteiger partial charge in [0.25, 0.3) is 0 Å². The van der Waals surface area contributed by atoms with Crippen LogP contribution in [0.4, 0.5) is 0 Å². The number of hydrogen-bond acceptors (Lipinski definition) is 4. The average molecular weight is 823 g/mol. The minimum absolute atomic E-state index is 0.0821. The lowest BCUT2D eigenvalue weighted by Crippen LogP contribution is -2.67. The van der Waals surface area contributed by atoms with Crippen molar-refractivity contribution in [2.45, 2.75) is 63.1 Å². The molecule has 316 valence electrons. The van der Waals surface area contributed by atoms with Gasteiger partial charge in [0.1, 0.15) is 37.4 Å². The van der Waals surface area contributed by atoms with E-state index in [2.05, 4.69) is 136 Å². The lowest BCUT2D eigenvalue weighted by molar-refractivity contribution is -0.985. The highest BCUT2D eigenvalue weighted by Gasteiger charge is 2.56. The van der Waals surface area contributed by atoms with E-state index in [1.54, 1.807) is 0 Å². The third-order valence-corrected chi connectivity index (χ3v) is 15.9. The molecule has 12 rings (SSSR count). The molecule has 62 heavy (non-hydrogen) atoms. The number of quaternary nitrogens is 2. The van der Waals surface area contributed by atoms with Crippen molar-refractivity contribution < 1.29 is 18.4 Å². The first-order valence-electron chi connectivity index (χ1n) is 23.1. The highest BCUT2D eigenvalue weighted by Crippen LogP contribution is 2.51. The van der Waals surface area contributed by atoms with Crippen LogP contribution < -0.4 is 0 Å². The van der Waals surface area contributed by atoms with Gasteiger partial charge < -0.3 is 18.4 Å². The summed E-state index contributed by atoms with van der Waals surface area (Å²) in [5.41, 5.74) is 7.36. The third kappa shape index (κ3) is 7.15. The second kappa shape index (κ2) is 17.1. The summed E-state index contributed by atoms with van der Waals surface area (Å²) in [4.78, 5) is 9.51. The summed E-state index contributed by atoms with van der Waals surface area (Å²) in [5.74, 6) is 2.19. The Hall–Kier alpha value is -5.24. The van der Waals surface area contributed by atoms with Crippen molar-refractivity contribution in [3.8, 4) is 0 Å². The van der Waals surface area contributed by atoms with Crippen molar-refractivity contribution in [2.75, 3.05) is 39.4 Å². The number of hydrogen-bond donors (Lipinski definition) is 0. The highest BCUT2D eigenvalue weighted by atomic mass is 16.5. The molecule has 0 saturated carbocycles. The molecule has 6 fully saturated rings. The molecule has 2 aromatic heterocycles. The molecular weight excluding hydrogens is 761 g/mol. The van der Waals surface area contributed by atoms with Crippen molar-refractivity contribution in [3.63, 3.8) is 0 Å². The van der Waals surface area contributed by atoms with E-state index < -0.39 is 0 Å². The number of fused-ring (bicyclic) bond motifs is 9. The Morgan fingerprint density at radius 2 is 0.984 bits per heavy atom. The zero-order valence-electron chi connectivity index (χ0n) is 36.2. The number of pyridine rings is 2. The Morgan fingerprint density at radius 1 is 0.548 bits per heavy atom. The molecular formula is C56H62N4O2+2. The van der Waals surface area contributed by atoms with Crippen LogP contribution in [-0.4, -0.2) is 70.4 Å². The van der Waals surface area contributed by atoms with Crippen LogP contribution in [0, 0.1) is 23.7 Å². The average Bonchev–Trinajstić information content (AvgIpc) is 3.32. The zero-order valence-corrected chi connectivity index (χ0v) is 36.2. The molecule has 0 N–H and O–H groups in total. The van der Waals surface area contributed by atoms with Crippen molar-refractivity contribution >= 4 is 32.6 Å². The Kier molecular flexibility index (Phi) is 11.3. The standard InChI is InChI=1S/C56H62N4O2/c1-5-31-61-55(49-23-27-57-51-21-11-9-17-47(49)51)53-33-41-25-29-59(53,35-39(41)7-3)37-43-15-13-20-46-44(16-14-19-45(43)46)38-60-30-26-42(40(8-4)36-60)34-54(60)56(62-32-6-2)50-24-28-58-52-22-12-10-18-48(50)52/h5-24,27-28,39-42,53-56H,1-4,25-26,29-38H2/q+2/t39?,40?,41?,42?,53?,54?,55-,56-,59?,60?/m1/s1. The molecule has 8 heterocycles. The van der Waals surface area contributed by atoms with Gasteiger partial charge in [0, 0.05) is 71.8 Å². The molecule has 0 radical (unpaired) electrons. The number of nitrogens with zero attached hydrogens (tertiary/aromatic N) is 4. The quantitative estimate of drug-likeness (QED) is 0.0720. The lowest BCUT2D eigenvalue weighted by Gasteiger charge is -2.59. The Morgan fingerprint density at radius 3 is 1.42 bits per heavy atom. The van der Waals surface area contributed by atoms with E-state index in [9.17, 15) is 0 Å². The fourth-order valence-electron chi connectivity index (χ4n) is 13.0. The molecule has 6 aliphatic heterocycles. The number of rotatable bonds is 16. The van der Waals surface area contributed by atoms with E-state index in [0.29, 0.717) is 36.9 Å². The molecule has 10 atom stereocenters. The smallest absolute Gasteiger partial charge is 0.135 e. The van der Waals surface area contributed by atoms with Gasteiger partial charge in [-0.15, -0.1) is 26.3 Å². The van der Waals surface area contributed by atoms with Crippen LogP contribution in [0.2, 0.25) is 0 Å². The summed E-state index contributed by atoms with van der Waals surface area (Å²) in [6, 6.07) is 36.3. The van der Waals surface area contributed by atoms with Gasteiger partial charge in [-0.3, -0.25) is 9.97 Å². The van der Waals surface area contributed by atoms with Gasteiger partial charge >= 0.3 is 0 Å². The van der Waals surface area contributed by atoms with E-state index in [-0.39, 0.29) is 24.3 Å². The first kappa shape index (κ1) is 40.8. The topological polar surface area (TPSA) is 44.2 Å². The monoisotopic (exact) mass is 822 g/mol. The number of para-hydroxylation sites is 2. The number of aromatic nitrogens is 2. The summed E-state index contributed by atoms with van der Waals surface area (Å²) in [5, 5.41) is 5.11. The second-order valence-electron chi connectivity index (χ2n) is 18.9. The summed E-state index contributed by atoms with van der Waals surface area (Å²) in [6.45, 7) is 24.3. The maximum absolute atomic E-state index is 6.94. The zero-order chi connectivity index (χ0) is 42.3. The predicted molar refractivity (Wildman–Crippen MR) is 253 cm³/mol. The van der Waals surface area contributed by atoms with Crippen molar-refractivity contribution in [2.24, 2.45) is 23.7 Å². The molecule has 8 unspecified atom stereocenters. The molecule has 6 saturated heterocycles. The van der Waals surface area contributed by atoms with Crippen molar-refractivity contribution in [1.82, 2.24) is 9.97 Å². The van der Waals surface area contributed by atoms with Crippen LogP contribution in [0.5, 0.6) is 0 Å². The number of ether oxygens (including phenoxy) is 2. The van der Waals surface area contributed by atoms with Crippen LogP contribution in [0.15, 0.2) is 160 Å². The van der Waals surface area contributed by atoms with Gasteiger partial charge in [0.2, 0.25) is 0 Å². The summed E-state index contributed by atoms with van der Waals surface area (Å²) in [6.07, 6.45) is 16.7. The summed E-state index contributed by atoms with van der Waals surface area (Å²) < 4.78 is 15.9. The first-order chi connectivity index (χ1) is 30.5. The summed E-state index contributed by atoms with van der Waals surface area (Å²) >= 11 is 0. The number of piperidine rings is 6. The Labute approximate surface area is 368 Å². The van der Waals surface area contributed by atoms with Crippen LogP contribution >= 0.6 is 0 Å². The van der Waals surface area contributed by atoms with Gasteiger partial charge in [0.05, 0.1) is 50.4 Å². The van der Waals surface area contributed by atoms with Gasteiger partial charge in [-0.05, 0) is 58.0 Å². The van der Waals surface area contributed by atoms with E-state index in [1.165, 1.54) is 56.6 Å². The molecule has 4 aromatic carbocycles. The fourth-order valence-corrected chi connectivity index (χ4v) is 13.0. The van der Waals surface area contributed by atoms with Gasteiger partial charge in [-0.25, -0.2) is 0 Å². The molecule has 6 aromatic rings. The van der Waals surface area contributed by atoms with E-state index in [4.69, 9.17) is 19.4 Å². The van der Waals surface area contributed by atoms with E-state index in [0.717, 1.165) is 72.1 Å². The van der Waals surface area contributed by atoms with Crippen LogP contribution in [0.3, 0.4) is 0 Å². The Balaban J connectivity index is 1.04. The minimum atomic E-state index is -0.0821. The van der Waals surface area contributed by atoms with Crippen LogP contribution in [0.25, 0.3) is 32.6 Å². The predicted octanol–water partition coefficient (Wildman–Crippen LogP) is 11.6. The lowest BCUT2D eigenvalue weighted by atomic mass is 9.70. The largest absolute Gasteiger partial charge is 0.363 e. The second-order valence-corrected chi connectivity index (χ2v) is 18.9. The van der Waals surface area contributed by atoms with Crippen molar-refractivity contribution in [1.29, 1.82) is 0 Å². The maximum atomic E-state index is 6.94. The molecule has 6 aliphatic rings. The van der Waals surface area contributed by atoms with Crippen LogP contribution in [-0.2, 0) is 22.6 Å². The number of benzene rings is 4. The first-order valence-corrected chi connectivity index (χ1v) is 23.1. The van der Waals surface area contributed by atoms with Gasteiger partial charge in [0.15, 0.2) is 0 Å².